The zero-order chi connectivity index (χ0) is 16.9. The molecular formula is C14H24O5V. The molecule has 0 aliphatic heterocycles. The van der Waals surface area contributed by atoms with Gasteiger partial charge in [0.25, 0.3) is 0 Å². The molecule has 0 atom stereocenters. The Labute approximate surface area is 130 Å². The molecule has 20 heavy (non-hydrogen) atoms. The van der Waals surface area contributed by atoms with Crippen LogP contribution in [-0.2, 0) is 30.6 Å². The van der Waals surface area contributed by atoms with Crippen molar-refractivity contribution in [3.05, 3.63) is 22.7 Å². The van der Waals surface area contributed by atoms with Crippen molar-refractivity contribution >= 4 is 11.6 Å². The second-order valence-electron chi connectivity index (χ2n) is 3.95. The number of Topliss-reactive ketones (excluding diaryl/α,β-unsaturated/α-hetero) is 2. The summed E-state index contributed by atoms with van der Waals surface area (Å²) in [6.07, 6.45) is 1.22. The topological polar surface area (TPSA) is 91.7 Å². The Hall–Kier alpha value is -1.20. The van der Waals surface area contributed by atoms with Crippen molar-refractivity contribution in [2.24, 2.45) is 0 Å². The summed E-state index contributed by atoms with van der Waals surface area (Å²) >= 11 is 1.06. The minimum absolute atomic E-state index is 0.0440. The number of hydrogen-bond acceptors (Lipinski definition) is 5. The molecule has 0 aliphatic rings. The van der Waals surface area contributed by atoms with Crippen LogP contribution in [0.5, 0.6) is 0 Å². The van der Waals surface area contributed by atoms with Crippen LogP contribution in [0.15, 0.2) is 22.7 Å². The molecule has 0 amide bonds. The van der Waals surface area contributed by atoms with E-state index in [2.05, 4.69) is 0 Å². The van der Waals surface area contributed by atoms with Gasteiger partial charge in [0.2, 0.25) is 0 Å². The van der Waals surface area contributed by atoms with Crippen LogP contribution in [0.4, 0.5) is 0 Å². The van der Waals surface area contributed by atoms with E-state index in [0.29, 0.717) is 24.0 Å². The molecule has 6 heteroatoms. The van der Waals surface area contributed by atoms with Gasteiger partial charge in [-0.15, -0.1) is 0 Å². The van der Waals surface area contributed by atoms with E-state index in [1.165, 1.54) is 27.7 Å². The van der Waals surface area contributed by atoms with Crippen molar-refractivity contribution in [1.29, 1.82) is 0 Å². The first-order chi connectivity index (χ1) is 9.18. The number of hydrogen-bond donors (Lipinski definition) is 2. The van der Waals surface area contributed by atoms with E-state index >= 15 is 0 Å². The van der Waals surface area contributed by atoms with E-state index in [-0.39, 0.29) is 23.1 Å². The van der Waals surface area contributed by atoms with E-state index in [9.17, 15) is 9.59 Å². The quantitative estimate of drug-likeness (QED) is 0.610. The second kappa shape index (κ2) is 14.2. The van der Waals surface area contributed by atoms with Crippen molar-refractivity contribution in [2.75, 3.05) is 0 Å². The molecule has 0 saturated carbocycles. The fraction of sp³-hybridized carbons (Fsp3) is 0.571. The van der Waals surface area contributed by atoms with Crippen LogP contribution in [0.25, 0.3) is 0 Å². The molecule has 0 spiro atoms. The molecule has 0 unspecified atom stereocenters. The normalized spacial score (nSPS) is 11.7. The van der Waals surface area contributed by atoms with Gasteiger partial charge in [0.15, 0.2) is 11.6 Å². The zero-order valence-corrected chi connectivity index (χ0v) is 14.4. The van der Waals surface area contributed by atoms with Crippen molar-refractivity contribution in [1.82, 2.24) is 0 Å². The molecule has 0 rings (SSSR count). The van der Waals surface area contributed by atoms with Crippen molar-refractivity contribution in [3.8, 4) is 0 Å². The van der Waals surface area contributed by atoms with Gasteiger partial charge >= 0.3 is 21.0 Å². The molecule has 0 saturated heterocycles. The summed E-state index contributed by atoms with van der Waals surface area (Å²) in [5.41, 5.74) is 1.05. The summed E-state index contributed by atoms with van der Waals surface area (Å²) in [7, 11) is 0. The third kappa shape index (κ3) is 11.9. The van der Waals surface area contributed by atoms with Crippen LogP contribution in [0.3, 0.4) is 0 Å². The van der Waals surface area contributed by atoms with Crippen LogP contribution < -0.4 is 0 Å². The molecule has 5 nitrogen and oxygen atoms in total. The Kier molecular flexibility index (Phi) is 17.0. The van der Waals surface area contributed by atoms with Gasteiger partial charge in [0.1, 0.15) is 0 Å². The first-order valence-corrected chi connectivity index (χ1v) is 6.73. The van der Waals surface area contributed by atoms with E-state index in [4.69, 9.17) is 13.9 Å². The summed E-state index contributed by atoms with van der Waals surface area (Å²) in [5.74, 6) is 0.199. The minimum atomic E-state index is -0.0440. The molecule has 0 bridgehead atoms. The molecule has 0 aliphatic carbocycles. The number of carbonyl (C=O) groups is 2. The van der Waals surface area contributed by atoms with E-state index in [0.717, 1.165) is 17.4 Å². The van der Waals surface area contributed by atoms with Crippen LogP contribution in [0.1, 0.15) is 54.4 Å². The molecule has 0 fully saturated rings. The van der Waals surface area contributed by atoms with Gasteiger partial charge in [-0.05, 0) is 40.5 Å². The Morgan fingerprint density at radius 2 is 0.950 bits per heavy atom. The van der Waals surface area contributed by atoms with Crippen molar-refractivity contribution < 1.29 is 40.8 Å². The number of aliphatic hydroxyl groups excluding tert-OH is 2. The summed E-state index contributed by atoms with van der Waals surface area (Å²) in [5, 5.41) is 17.7. The van der Waals surface area contributed by atoms with Crippen molar-refractivity contribution in [3.63, 3.8) is 0 Å². The van der Waals surface area contributed by atoms with Gasteiger partial charge in [-0.25, -0.2) is 0 Å². The molecule has 0 heterocycles. The third-order valence-corrected chi connectivity index (χ3v) is 2.43. The molecule has 115 valence electrons. The summed E-state index contributed by atoms with van der Waals surface area (Å²) in [4.78, 5) is 21.2. The van der Waals surface area contributed by atoms with Gasteiger partial charge in [0, 0.05) is 11.1 Å². The second-order valence-corrected chi connectivity index (χ2v) is 3.95. The predicted octanol–water partition coefficient (Wildman–Crippen LogP) is 3.51. The first-order valence-electron chi connectivity index (χ1n) is 6.16. The molecule has 0 aromatic carbocycles. The van der Waals surface area contributed by atoms with Crippen LogP contribution in [0.2, 0.25) is 0 Å². The average molecular weight is 323 g/mol. The van der Waals surface area contributed by atoms with E-state index in [1.54, 1.807) is 0 Å². The fourth-order valence-electron chi connectivity index (χ4n) is 1.52. The van der Waals surface area contributed by atoms with Gasteiger partial charge in [-0.3, -0.25) is 9.59 Å². The monoisotopic (exact) mass is 323 g/mol. The van der Waals surface area contributed by atoms with Crippen LogP contribution >= 0.6 is 0 Å². The van der Waals surface area contributed by atoms with Gasteiger partial charge in [-0.1, -0.05) is 13.8 Å². The zero-order valence-electron chi connectivity index (χ0n) is 13.0. The van der Waals surface area contributed by atoms with E-state index in [1.807, 2.05) is 13.8 Å². The maximum atomic E-state index is 10.6. The van der Waals surface area contributed by atoms with Gasteiger partial charge in [0.05, 0.1) is 11.5 Å². The Morgan fingerprint density at radius 1 is 0.750 bits per heavy atom. The molecule has 0 radical (unpaired) electrons. The van der Waals surface area contributed by atoms with Crippen LogP contribution in [-0.4, -0.2) is 21.8 Å². The number of aliphatic hydroxyl groups is 2. The summed E-state index contributed by atoms with van der Waals surface area (Å²) < 4.78 is 8.19. The Morgan fingerprint density at radius 3 is 0.950 bits per heavy atom. The van der Waals surface area contributed by atoms with Gasteiger partial charge in [-0.2, -0.15) is 0 Å². The van der Waals surface area contributed by atoms with E-state index < -0.39 is 0 Å². The standard InChI is InChI=1S/2C7H12O2.O.V/c2*1-4-7(5(2)8)6(3)9;;/h2*8H,4H2,1-3H3;;/b7-5+;7-5-;;. The third-order valence-electron chi connectivity index (χ3n) is 2.43. The number of carbonyl (C=O) groups excluding carboxylic acids is 2. The molecule has 0 aromatic heterocycles. The van der Waals surface area contributed by atoms with Crippen molar-refractivity contribution in [2.45, 2.75) is 54.4 Å². The molecular weight excluding hydrogens is 299 g/mol. The predicted molar refractivity (Wildman–Crippen MR) is 73.3 cm³/mol. The van der Waals surface area contributed by atoms with Gasteiger partial charge < -0.3 is 10.2 Å². The first kappa shape index (κ1) is 23.9. The molecule has 0 aromatic rings. The number of rotatable bonds is 4. The Bertz CT molecular complexity index is 339. The number of allylic oxidation sites excluding steroid dienone is 4. The maximum absolute atomic E-state index is 10.6. The SMILES string of the molecule is CC/C(C(C)=O)=C(/C)O.CC/C(C(C)=O)=C(\C)O.[O]=[V]. The summed E-state index contributed by atoms with van der Waals surface area (Å²) in [6.45, 7) is 9.66. The summed E-state index contributed by atoms with van der Waals surface area (Å²) in [6, 6.07) is 0. The Balaban J connectivity index is -0.000000257. The molecule has 2 N–H and O–H groups in total. The van der Waals surface area contributed by atoms with Crippen LogP contribution in [0, 0.1) is 0 Å². The number of ketones is 2. The average Bonchev–Trinajstić information content (AvgIpc) is 2.31. The fourth-order valence-corrected chi connectivity index (χ4v) is 1.52.